The Kier molecular flexibility index (Phi) is 5.44. The first kappa shape index (κ1) is 16.4. The molecule has 0 aliphatic rings. The van der Waals surface area contributed by atoms with E-state index in [9.17, 15) is 4.79 Å². The Labute approximate surface area is 138 Å². The van der Waals surface area contributed by atoms with Crippen molar-refractivity contribution in [3.05, 3.63) is 52.0 Å². The first-order valence-electron chi connectivity index (χ1n) is 6.98. The number of ether oxygens (including phenoxy) is 2. The zero-order valence-electron chi connectivity index (χ0n) is 12.8. The number of nitrogens with one attached hydrogen (secondary N) is 1. The molecule has 0 aliphatic heterocycles. The largest absolute Gasteiger partial charge is 0.494 e. The Balaban J connectivity index is 2.02. The normalized spacial score (nSPS) is 10.2. The van der Waals surface area contributed by atoms with Crippen LogP contribution in [0.15, 0.2) is 40.9 Å². The van der Waals surface area contributed by atoms with Crippen molar-refractivity contribution in [2.45, 2.75) is 20.8 Å². The number of aryl methyl sites for hydroxylation is 2. The van der Waals surface area contributed by atoms with E-state index in [0.717, 1.165) is 21.3 Å². The molecule has 5 heteroatoms. The lowest BCUT2D eigenvalue weighted by Gasteiger charge is -2.11. The smallest absolute Gasteiger partial charge is 0.417 e. The molecule has 0 radical (unpaired) electrons. The summed E-state index contributed by atoms with van der Waals surface area (Å²) in [5.41, 5.74) is 2.84. The summed E-state index contributed by atoms with van der Waals surface area (Å²) in [5.74, 6) is 1.25. The van der Waals surface area contributed by atoms with E-state index in [1.165, 1.54) is 0 Å². The number of carbonyl (C=O) groups excluding carboxylic acids is 1. The monoisotopic (exact) mass is 363 g/mol. The molecule has 1 amide bonds. The minimum Gasteiger partial charge on any atom is -0.494 e. The van der Waals surface area contributed by atoms with Crippen molar-refractivity contribution in [3.63, 3.8) is 0 Å². The Morgan fingerprint density at radius 1 is 1.14 bits per heavy atom. The zero-order chi connectivity index (χ0) is 16.1. The Morgan fingerprint density at radius 3 is 2.41 bits per heavy atom. The van der Waals surface area contributed by atoms with Crippen LogP contribution in [0.5, 0.6) is 11.5 Å². The third-order valence-electron chi connectivity index (χ3n) is 3.16. The van der Waals surface area contributed by atoms with Gasteiger partial charge in [0.25, 0.3) is 0 Å². The number of hydrogen-bond donors (Lipinski definition) is 1. The number of halogens is 1. The van der Waals surface area contributed by atoms with Crippen LogP contribution in [0.25, 0.3) is 0 Å². The summed E-state index contributed by atoms with van der Waals surface area (Å²) >= 11 is 3.40. The summed E-state index contributed by atoms with van der Waals surface area (Å²) in [7, 11) is 0. The third-order valence-corrected chi connectivity index (χ3v) is 3.78. The number of anilines is 1. The quantitative estimate of drug-likeness (QED) is 0.824. The van der Waals surface area contributed by atoms with Crippen LogP contribution in [-0.2, 0) is 0 Å². The van der Waals surface area contributed by atoms with Crippen LogP contribution in [-0.4, -0.2) is 12.7 Å². The van der Waals surface area contributed by atoms with Crippen molar-refractivity contribution < 1.29 is 14.3 Å². The SMILES string of the molecule is CCOc1ccc(NC(=O)Oc2cc(C)c(C)cc2Br)cc1. The second-order valence-electron chi connectivity index (χ2n) is 4.84. The molecule has 116 valence electrons. The Hall–Kier alpha value is -2.01. The minimum atomic E-state index is -0.534. The van der Waals surface area contributed by atoms with Crippen molar-refractivity contribution in [1.29, 1.82) is 0 Å². The van der Waals surface area contributed by atoms with Gasteiger partial charge in [-0.1, -0.05) is 0 Å². The molecular formula is C17H18BrNO3. The molecule has 2 aromatic carbocycles. The summed E-state index contributed by atoms with van der Waals surface area (Å²) in [6, 6.07) is 10.9. The predicted molar refractivity (Wildman–Crippen MR) is 90.9 cm³/mol. The first-order chi connectivity index (χ1) is 10.5. The fraction of sp³-hybridized carbons (Fsp3) is 0.235. The molecule has 22 heavy (non-hydrogen) atoms. The van der Waals surface area contributed by atoms with Gasteiger partial charge in [0.1, 0.15) is 11.5 Å². The predicted octanol–water partition coefficient (Wildman–Crippen LogP) is 5.08. The molecule has 4 nitrogen and oxygen atoms in total. The molecular weight excluding hydrogens is 346 g/mol. The highest BCUT2D eigenvalue weighted by Crippen LogP contribution is 2.28. The van der Waals surface area contributed by atoms with Gasteiger partial charge >= 0.3 is 6.09 Å². The molecule has 0 heterocycles. The molecule has 0 aromatic heterocycles. The zero-order valence-corrected chi connectivity index (χ0v) is 14.4. The van der Waals surface area contributed by atoms with E-state index in [1.54, 1.807) is 24.3 Å². The van der Waals surface area contributed by atoms with Gasteiger partial charge in [0.05, 0.1) is 11.1 Å². The standard InChI is InChI=1S/C17H18BrNO3/c1-4-21-14-7-5-13(6-8-14)19-17(20)22-16-10-12(3)11(2)9-15(16)18/h5-10H,4H2,1-3H3,(H,19,20). The summed E-state index contributed by atoms with van der Waals surface area (Å²) in [6.07, 6.45) is -0.534. The van der Waals surface area contributed by atoms with E-state index in [1.807, 2.05) is 32.9 Å². The van der Waals surface area contributed by atoms with Gasteiger partial charge in [-0.2, -0.15) is 0 Å². The molecule has 0 saturated carbocycles. The highest BCUT2D eigenvalue weighted by Gasteiger charge is 2.10. The van der Waals surface area contributed by atoms with Crippen LogP contribution >= 0.6 is 15.9 Å². The summed E-state index contributed by atoms with van der Waals surface area (Å²) in [4.78, 5) is 12.0. The van der Waals surface area contributed by atoms with Crippen molar-refractivity contribution in [1.82, 2.24) is 0 Å². The average molecular weight is 364 g/mol. The lowest BCUT2D eigenvalue weighted by molar-refractivity contribution is 0.215. The molecule has 0 bridgehead atoms. The first-order valence-corrected chi connectivity index (χ1v) is 7.77. The Bertz CT molecular complexity index is 668. The van der Waals surface area contributed by atoms with Crippen molar-refractivity contribution in [2.24, 2.45) is 0 Å². The molecule has 0 aliphatic carbocycles. The van der Waals surface area contributed by atoms with E-state index >= 15 is 0 Å². The van der Waals surface area contributed by atoms with Crippen LogP contribution in [0.3, 0.4) is 0 Å². The molecule has 2 aromatic rings. The fourth-order valence-corrected chi connectivity index (χ4v) is 2.42. The highest BCUT2D eigenvalue weighted by molar-refractivity contribution is 9.10. The van der Waals surface area contributed by atoms with Gasteiger partial charge in [-0.3, -0.25) is 5.32 Å². The summed E-state index contributed by atoms with van der Waals surface area (Å²) < 4.78 is 11.4. The van der Waals surface area contributed by atoms with Crippen molar-refractivity contribution >= 4 is 27.7 Å². The van der Waals surface area contributed by atoms with E-state index < -0.39 is 6.09 Å². The van der Waals surface area contributed by atoms with Crippen LogP contribution in [0.1, 0.15) is 18.1 Å². The lowest BCUT2D eigenvalue weighted by atomic mass is 10.1. The number of rotatable bonds is 4. The minimum absolute atomic E-state index is 0.492. The van der Waals surface area contributed by atoms with E-state index in [2.05, 4.69) is 21.2 Å². The summed E-state index contributed by atoms with van der Waals surface area (Å²) in [5, 5.41) is 2.68. The van der Waals surface area contributed by atoms with Crippen molar-refractivity contribution in [2.75, 3.05) is 11.9 Å². The van der Waals surface area contributed by atoms with Gasteiger partial charge in [-0.25, -0.2) is 4.79 Å². The van der Waals surface area contributed by atoms with Gasteiger partial charge in [-0.05, 0) is 84.2 Å². The van der Waals surface area contributed by atoms with Crippen molar-refractivity contribution in [3.8, 4) is 11.5 Å². The van der Waals surface area contributed by atoms with Gasteiger partial charge < -0.3 is 9.47 Å². The van der Waals surface area contributed by atoms with Crippen LogP contribution in [0, 0.1) is 13.8 Å². The highest BCUT2D eigenvalue weighted by atomic mass is 79.9. The van der Waals surface area contributed by atoms with Crippen LogP contribution in [0.2, 0.25) is 0 Å². The maximum Gasteiger partial charge on any atom is 0.417 e. The maximum absolute atomic E-state index is 12.0. The second-order valence-corrected chi connectivity index (χ2v) is 5.69. The van der Waals surface area contributed by atoms with E-state index in [4.69, 9.17) is 9.47 Å². The van der Waals surface area contributed by atoms with Gasteiger partial charge in [0.15, 0.2) is 0 Å². The van der Waals surface area contributed by atoms with Gasteiger partial charge in [0.2, 0.25) is 0 Å². The molecule has 0 saturated heterocycles. The molecule has 0 spiro atoms. The second kappa shape index (κ2) is 7.31. The fourth-order valence-electron chi connectivity index (χ4n) is 1.88. The molecule has 1 N–H and O–H groups in total. The number of carbonyl (C=O) groups is 1. The molecule has 2 rings (SSSR count). The van der Waals surface area contributed by atoms with E-state index in [-0.39, 0.29) is 0 Å². The number of amides is 1. The average Bonchev–Trinajstić information content (AvgIpc) is 2.47. The van der Waals surface area contributed by atoms with Crippen LogP contribution < -0.4 is 14.8 Å². The molecule has 0 unspecified atom stereocenters. The number of benzene rings is 2. The van der Waals surface area contributed by atoms with E-state index in [0.29, 0.717) is 18.0 Å². The third kappa shape index (κ3) is 4.24. The maximum atomic E-state index is 12.0. The lowest BCUT2D eigenvalue weighted by Crippen LogP contribution is -2.17. The number of hydrogen-bond acceptors (Lipinski definition) is 3. The van der Waals surface area contributed by atoms with Gasteiger partial charge in [0, 0.05) is 5.69 Å². The molecule has 0 atom stereocenters. The summed E-state index contributed by atoms with van der Waals surface area (Å²) in [6.45, 7) is 6.50. The van der Waals surface area contributed by atoms with Crippen LogP contribution in [0.4, 0.5) is 10.5 Å². The topological polar surface area (TPSA) is 47.6 Å². The molecule has 0 fully saturated rings. The Morgan fingerprint density at radius 2 is 1.77 bits per heavy atom. The van der Waals surface area contributed by atoms with Gasteiger partial charge in [-0.15, -0.1) is 0 Å².